The third-order valence-electron chi connectivity index (χ3n) is 3.30. The fourth-order valence-corrected chi connectivity index (χ4v) is 2.93. The maximum absolute atomic E-state index is 12.9. The van der Waals surface area contributed by atoms with Gasteiger partial charge in [0.2, 0.25) is 0 Å². The van der Waals surface area contributed by atoms with Crippen LogP contribution >= 0.6 is 11.8 Å². The summed E-state index contributed by atoms with van der Waals surface area (Å²) in [5.41, 5.74) is 1.55. The van der Waals surface area contributed by atoms with E-state index in [1.54, 1.807) is 54.4 Å². The minimum atomic E-state index is -0.319. The third-order valence-corrected chi connectivity index (χ3v) is 4.36. The minimum Gasteiger partial charge on any atom is -0.508 e. The molecule has 0 fully saturated rings. The minimum absolute atomic E-state index is 0.177. The number of hydrogen-bond donors (Lipinski definition) is 1. The van der Waals surface area contributed by atoms with Crippen LogP contribution in [0.25, 0.3) is 6.08 Å². The van der Waals surface area contributed by atoms with Gasteiger partial charge in [-0.25, -0.2) is 4.39 Å². The lowest BCUT2D eigenvalue weighted by molar-refractivity contribution is -0.113. The molecule has 0 aromatic heterocycles. The van der Waals surface area contributed by atoms with E-state index in [2.05, 4.69) is 4.99 Å². The van der Waals surface area contributed by atoms with Crippen LogP contribution in [0.3, 0.4) is 0 Å². The van der Waals surface area contributed by atoms with Crippen LogP contribution in [0, 0.1) is 5.82 Å². The molecule has 3 rings (SSSR count). The van der Waals surface area contributed by atoms with Crippen molar-refractivity contribution in [3.05, 3.63) is 64.8 Å². The molecule has 0 unspecified atom stereocenters. The SMILES string of the molecule is CN(C1=NC(=O)C(=Cc2ccc(F)cc2)S1)c1ccc(O)cc1. The van der Waals surface area contributed by atoms with E-state index >= 15 is 0 Å². The Bertz CT molecular complexity index is 798. The Morgan fingerprint density at radius 3 is 2.43 bits per heavy atom. The first kappa shape index (κ1) is 15.3. The van der Waals surface area contributed by atoms with E-state index in [4.69, 9.17) is 0 Å². The molecule has 0 aliphatic carbocycles. The Hall–Kier alpha value is -2.60. The Labute approximate surface area is 137 Å². The Morgan fingerprint density at radius 1 is 1.13 bits per heavy atom. The summed E-state index contributed by atoms with van der Waals surface area (Å²) >= 11 is 1.26. The normalized spacial score (nSPS) is 15.8. The topological polar surface area (TPSA) is 52.9 Å². The van der Waals surface area contributed by atoms with Crippen molar-refractivity contribution in [1.82, 2.24) is 0 Å². The van der Waals surface area contributed by atoms with Gasteiger partial charge in [0.05, 0.1) is 4.91 Å². The van der Waals surface area contributed by atoms with Crippen LogP contribution in [0.5, 0.6) is 5.75 Å². The molecule has 2 aromatic rings. The Balaban J connectivity index is 1.79. The van der Waals surface area contributed by atoms with Crippen molar-refractivity contribution in [3.63, 3.8) is 0 Å². The molecule has 1 aliphatic rings. The van der Waals surface area contributed by atoms with Crippen LogP contribution in [0.1, 0.15) is 5.56 Å². The molecule has 6 heteroatoms. The number of phenolic OH excluding ortho intramolecular Hbond substituents is 1. The van der Waals surface area contributed by atoms with Gasteiger partial charge in [0.1, 0.15) is 11.6 Å². The quantitative estimate of drug-likeness (QED) is 0.855. The molecule has 2 aromatic carbocycles. The van der Waals surface area contributed by atoms with Gasteiger partial charge in [0.15, 0.2) is 5.17 Å². The number of carbonyl (C=O) groups excluding carboxylic acids is 1. The number of carbonyl (C=O) groups is 1. The second-order valence-electron chi connectivity index (χ2n) is 4.94. The van der Waals surface area contributed by atoms with Crippen LogP contribution in [0.2, 0.25) is 0 Å². The number of benzene rings is 2. The van der Waals surface area contributed by atoms with Crippen LogP contribution in [-0.4, -0.2) is 23.2 Å². The molecule has 1 heterocycles. The van der Waals surface area contributed by atoms with Crippen molar-refractivity contribution < 1.29 is 14.3 Å². The van der Waals surface area contributed by atoms with Gasteiger partial charge in [0.25, 0.3) is 5.91 Å². The molecular weight excluding hydrogens is 315 g/mol. The number of phenols is 1. The summed E-state index contributed by atoms with van der Waals surface area (Å²) in [5, 5.41) is 9.88. The van der Waals surface area contributed by atoms with E-state index < -0.39 is 0 Å². The molecule has 0 radical (unpaired) electrons. The van der Waals surface area contributed by atoms with Crippen molar-refractivity contribution in [2.24, 2.45) is 4.99 Å². The monoisotopic (exact) mass is 328 g/mol. The number of hydrogen-bond acceptors (Lipinski definition) is 4. The highest BCUT2D eigenvalue weighted by Gasteiger charge is 2.25. The summed E-state index contributed by atoms with van der Waals surface area (Å²) in [6.07, 6.45) is 1.69. The summed E-state index contributed by atoms with van der Waals surface area (Å²) in [4.78, 5) is 18.3. The number of halogens is 1. The van der Waals surface area contributed by atoms with Gasteiger partial charge < -0.3 is 10.0 Å². The zero-order chi connectivity index (χ0) is 16.4. The van der Waals surface area contributed by atoms with Crippen LogP contribution in [-0.2, 0) is 4.79 Å². The van der Waals surface area contributed by atoms with Crippen molar-refractivity contribution in [3.8, 4) is 5.75 Å². The lowest BCUT2D eigenvalue weighted by atomic mass is 10.2. The van der Waals surface area contributed by atoms with Gasteiger partial charge in [-0.3, -0.25) is 4.79 Å². The lowest BCUT2D eigenvalue weighted by Gasteiger charge is -2.17. The third kappa shape index (κ3) is 3.43. The standard InChI is InChI=1S/C17H13FN2O2S/c1-20(13-6-8-14(21)9-7-13)17-19-16(22)15(23-17)10-11-2-4-12(18)5-3-11/h2-10,21H,1H3. The fourth-order valence-electron chi connectivity index (χ4n) is 2.04. The second kappa shape index (κ2) is 6.26. The maximum Gasteiger partial charge on any atom is 0.286 e. The maximum atomic E-state index is 12.9. The van der Waals surface area contributed by atoms with Gasteiger partial charge in [-0.15, -0.1) is 0 Å². The zero-order valence-electron chi connectivity index (χ0n) is 12.2. The van der Waals surface area contributed by atoms with Gasteiger partial charge >= 0.3 is 0 Å². The van der Waals surface area contributed by atoms with E-state index in [0.29, 0.717) is 10.1 Å². The molecule has 23 heavy (non-hydrogen) atoms. The number of aliphatic imine (C=N–C) groups is 1. The van der Waals surface area contributed by atoms with Gasteiger partial charge in [-0.05, 0) is 59.8 Å². The number of anilines is 1. The van der Waals surface area contributed by atoms with Crippen LogP contribution < -0.4 is 4.90 Å². The molecule has 0 saturated carbocycles. The first-order valence-electron chi connectivity index (χ1n) is 6.84. The molecule has 1 amide bonds. The zero-order valence-corrected chi connectivity index (χ0v) is 13.0. The first-order chi connectivity index (χ1) is 11.0. The molecule has 0 bridgehead atoms. The van der Waals surface area contributed by atoms with Crippen molar-refractivity contribution in [2.75, 3.05) is 11.9 Å². The highest BCUT2D eigenvalue weighted by Crippen LogP contribution is 2.32. The van der Waals surface area contributed by atoms with Crippen molar-refractivity contribution in [2.45, 2.75) is 0 Å². The number of aromatic hydroxyl groups is 1. The van der Waals surface area contributed by atoms with Gasteiger partial charge in [-0.2, -0.15) is 4.99 Å². The lowest BCUT2D eigenvalue weighted by Crippen LogP contribution is -2.21. The van der Waals surface area contributed by atoms with E-state index in [-0.39, 0.29) is 17.5 Å². The highest BCUT2D eigenvalue weighted by atomic mass is 32.2. The average molecular weight is 328 g/mol. The van der Waals surface area contributed by atoms with E-state index in [1.807, 2.05) is 0 Å². The molecular formula is C17H13FN2O2S. The molecule has 1 N–H and O–H groups in total. The van der Waals surface area contributed by atoms with E-state index in [9.17, 15) is 14.3 Å². The number of nitrogens with zero attached hydrogens (tertiary/aromatic N) is 2. The predicted molar refractivity (Wildman–Crippen MR) is 90.9 cm³/mol. The van der Waals surface area contributed by atoms with Crippen LogP contribution in [0.4, 0.5) is 10.1 Å². The van der Waals surface area contributed by atoms with Crippen molar-refractivity contribution >= 4 is 34.6 Å². The van der Waals surface area contributed by atoms with Crippen LogP contribution in [0.15, 0.2) is 58.4 Å². The first-order valence-corrected chi connectivity index (χ1v) is 7.65. The second-order valence-corrected chi connectivity index (χ2v) is 5.95. The summed E-state index contributed by atoms with van der Waals surface area (Å²) in [6.45, 7) is 0. The predicted octanol–water partition coefficient (Wildman–Crippen LogP) is 3.64. The van der Waals surface area contributed by atoms with Gasteiger partial charge in [0, 0.05) is 12.7 Å². The number of amides is 1. The largest absolute Gasteiger partial charge is 0.508 e. The Morgan fingerprint density at radius 2 is 1.78 bits per heavy atom. The molecule has 1 aliphatic heterocycles. The summed E-state index contributed by atoms with van der Waals surface area (Å²) in [7, 11) is 1.80. The number of thioether (sulfide) groups is 1. The molecule has 0 spiro atoms. The molecule has 116 valence electrons. The smallest absolute Gasteiger partial charge is 0.286 e. The van der Waals surface area contributed by atoms with E-state index in [1.165, 1.54) is 23.9 Å². The molecule has 4 nitrogen and oxygen atoms in total. The summed E-state index contributed by atoms with van der Waals surface area (Å²) in [6, 6.07) is 12.5. The number of rotatable bonds is 2. The van der Waals surface area contributed by atoms with E-state index in [0.717, 1.165) is 11.3 Å². The molecule has 0 saturated heterocycles. The highest BCUT2D eigenvalue weighted by molar-refractivity contribution is 8.18. The summed E-state index contributed by atoms with van der Waals surface area (Å²) in [5.74, 6) is -0.461. The van der Waals surface area contributed by atoms with Crippen molar-refractivity contribution in [1.29, 1.82) is 0 Å². The average Bonchev–Trinajstić information content (AvgIpc) is 2.91. The number of amidine groups is 1. The summed E-state index contributed by atoms with van der Waals surface area (Å²) < 4.78 is 12.9. The molecule has 0 atom stereocenters. The van der Waals surface area contributed by atoms with Gasteiger partial charge in [-0.1, -0.05) is 12.1 Å². The fraction of sp³-hybridized carbons (Fsp3) is 0.0588. The Kier molecular flexibility index (Phi) is 4.16.